The van der Waals surface area contributed by atoms with Crippen LogP contribution >= 0.6 is 44.3 Å². The Bertz CT molecular complexity index is 681. The summed E-state index contributed by atoms with van der Waals surface area (Å²) >= 11 is 6.49. The molecule has 3 nitrogen and oxygen atoms in total. The zero-order valence-corrected chi connectivity index (χ0v) is 15.3. The number of ether oxygens (including phenoxy) is 1. The Morgan fingerprint density at radius 3 is 2.17 bits per heavy atom. The Morgan fingerprint density at radius 1 is 1.09 bits per heavy atom. The second-order valence-electron chi connectivity index (χ2n) is 4.42. The number of hydrogen-bond acceptors (Lipinski definition) is 3. The third kappa shape index (κ3) is 5.27. The minimum atomic E-state index is -4.74. The summed E-state index contributed by atoms with van der Waals surface area (Å²) < 4.78 is 41.3. The van der Waals surface area contributed by atoms with E-state index in [1.54, 1.807) is 12.1 Å². The molecule has 0 radical (unpaired) electrons. The van der Waals surface area contributed by atoms with E-state index in [2.05, 4.69) is 36.6 Å². The largest absolute Gasteiger partial charge is 0.573 e. The smallest absolute Gasteiger partial charge is 0.506 e. The maximum Gasteiger partial charge on any atom is 0.573 e. The zero-order valence-electron chi connectivity index (χ0n) is 11.3. The van der Waals surface area contributed by atoms with Crippen LogP contribution < -0.4 is 10.5 Å². The van der Waals surface area contributed by atoms with Crippen molar-refractivity contribution in [3.05, 3.63) is 56.5 Å². The number of halogens is 6. The average molecular weight is 478 g/mol. The molecule has 9 heteroatoms. The van der Waals surface area contributed by atoms with Crippen LogP contribution in [0.5, 0.6) is 11.5 Å². The monoisotopic (exact) mass is 475 g/mol. The summed E-state index contributed by atoms with van der Waals surface area (Å²) in [5.41, 5.74) is 7.04. The lowest BCUT2D eigenvalue weighted by molar-refractivity contribution is -0.274. The summed E-state index contributed by atoms with van der Waals surface area (Å²) in [6.45, 7) is 0. The minimum Gasteiger partial charge on any atom is -0.506 e. The number of rotatable bonds is 3. The fourth-order valence-corrected chi connectivity index (χ4v) is 3.14. The van der Waals surface area contributed by atoms with Gasteiger partial charge in [-0.25, -0.2) is 0 Å². The Labute approximate surface area is 153 Å². The second kappa shape index (κ2) is 7.74. The van der Waals surface area contributed by atoms with Gasteiger partial charge in [0.15, 0.2) is 0 Å². The van der Waals surface area contributed by atoms with Gasteiger partial charge in [0.1, 0.15) is 11.5 Å². The predicted molar refractivity (Wildman–Crippen MR) is 89.9 cm³/mol. The summed E-state index contributed by atoms with van der Waals surface area (Å²) in [5.74, 6) is -0.352. The van der Waals surface area contributed by atoms with Crippen LogP contribution in [0, 0.1) is 0 Å². The molecule has 0 aliphatic carbocycles. The Kier molecular flexibility index (Phi) is 6.76. The zero-order chi connectivity index (χ0) is 16.5. The van der Waals surface area contributed by atoms with E-state index in [0.29, 0.717) is 20.1 Å². The highest BCUT2D eigenvalue weighted by atomic mass is 79.9. The van der Waals surface area contributed by atoms with Gasteiger partial charge in [0.2, 0.25) is 0 Å². The van der Waals surface area contributed by atoms with Crippen LogP contribution in [-0.4, -0.2) is 11.5 Å². The minimum absolute atomic E-state index is 0. The molecule has 0 heterocycles. The van der Waals surface area contributed by atoms with Crippen LogP contribution in [-0.2, 0) is 0 Å². The molecule has 0 saturated carbocycles. The fraction of sp³-hybridized carbons (Fsp3) is 0.143. The summed E-state index contributed by atoms with van der Waals surface area (Å²) in [5, 5.41) is 10.0. The molecule has 0 unspecified atom stereocenters. The molecule has 0 bridgehead atoms. The summed E-state index contributed by atoms with van der Waals surface area (Å²) in [7, 11) is 0. The van der Waals surface area contributed by atoms with Crippen LogP contribution in [0.2, 0.25) is 0 Å². The molecule has 2 rings (SSSR count). The molecule has 3 N–H and O–H groups in total. The fourth-order valence-electron chi connectivity index (χ4n) is 1.88. The van der Waals surface area contributed by atoms with Gasteiger partial charge in [-0.05, 0) is 45.8 Å². The van der Waals surface area contributed by atoms with Crippen LogP contribution in [0.25, 0.3) is 0 Å². The Morgan fingerprint density at radius 2 is 1.65 bits per heavy atom. The van der Waals surface area contributed by atoms with E-state index in [4.69, 9.17) is 5.73 Å². The van der Waals surface area contributed by atoms with Gasteiger partial charge in [0, 0.05) is 10.0 Å². The number of nitrogens with two attached hydrogens (primary N) is 1. The number of benzene rings is 2. The third-order valence-corrected chi connectivity index (χ3v) is 3.93. The van der Waals surface area contributed by atoms with Crippen molar-refractivity contribution < 1.29 is 23.0 Å². The van der Waals surface area contributed by atoms with Crippen molar-refractivity contribution in [2.75, 3.05) is 0 Å². The quantitative estimate of drug-likeness (QED) is 0.632. The molecule has 0 amide bonds. The highest BCUT2D eigenvalue weighted by Crippen LogP contribution is 2.37. The predicted octanol–water partition coefficient (Wildman–Crippen LogP) is 5.29. The highest BCUT2D eigenvalue weighted by molar-refractivity contribution is 9.11. The lowest BCUT2D eigenvalue weighted by Crippen LogP contribution is -2.17. The van der Waals surface area contributed by atoms with E-state index >= 15 is 0 Å². The molecule has 23 heavy (non-hydrogen) atoms. The number of phenols is 1. The van der Waals surface area contributed by atoms with Gasteiger partial charge in [-0.15, -0.1) is 25.6 Å². The van der Waals surface area contributed by atoms with E-state index in [0.717, 1.165) is 0 Å². The summed E-state index contributed by atoms with van der Waals surface area (Å²) in [6, 6.07) is 7.78. The van der Waals surface area contributed by atoms with Gasteiger partial charge < -0.3 is 15.6 Å². The van der Waals surface area contributed by atoms with Crippen LogP contribution in [0.1, 0.15) is 17.2 Å². The molecule has 0 aliphatic heterocycles. The Hall–Kier alpha value is -0.960. The highest BCUT2D eigenvalue weighted by Gasteiger charge is 2.31. The van der Waals surface area contributed by atoms with Gasteiger partial charge in [-0.1, -0.05) is 28.1 Å². The number of aromatic hydroxyl groups is 1. The van der Waals surface area contributed by atoms with Gasteiger partial charge in [-0.2, -0.15) is 0 Å². The van der Waals surface area contributed by atoms with Crippen molar-refractivity contribution in [1.29, 1.82) is 0 Å². The average Bonchev–Trinajstić information content (AvgIpc) is 2.41. The van der Waals surface area contributed by atoms with Crippen LogP contribution in [0.4, 0.5) is 13.2 Å². The molecule has 0 aliphatic rings. The van der Waals surface area contributed by atoms with E-state index in [1.165, 1.54) is 24.3 Å². The van der Waals surface area contributed by atoms with E-state index < -0.39 is 12.4 Å². The van der Waals surface area contributed by atoms with Crippen molar-refractivity contribution in [2.24, 2.45) is 5.73 Å². The molecular weight excluding hydrogens is 466 g/mol. The molecule has 0 aromatic heterocycles. The third-order valence-electron chi connectivity index (χ3n) is 2.87. The van der Waals surface area contributed by atoms with E-state index in [-0.39, 0.29) is 23.9 Å². The van der Waals surface area contributed by atoms with Crippen molar-refractivity contribution in [3.8, 4) is 11.5 Å². The van der Waals surface area contributed by atoms with Crippen LogP contribution in [0.15, 0.2) is 45.3 Å². The van der Waals surface area contributed by atoms with E-state index in [9.17, 15) is 18.3 Å². The first-order valence-electron chi connectivity index (χ1n) is 5.96. The first-order valence-corrected chi connectivity index (χ1v) is 7.55. The first kappa shape index (κ1) is 20.1. The normalized spacial score (nSPS) is 12.4. The molecule has 0 spiro atoms. The topological polar surface area (TPSA) is 55.5 Å². The molecular formula is C14H11Br2ClF3NO2. The summed E-state index contributed by atoms with van der Waals surface area (Å²) in [4.78, 5) is 0. The van der Waals surface area contributed by atoms with Crippen molar-refractivity contribution in [3.63, 3.8) is 0 Å². The maximum atomic E-state index is 12.1. The van der Waals surface area contributed by atoms with Crippen LogP contribution in [0.3, 0.4) is 0 Å². The van der Waals surface area contributed by atoms with Gasteiger partial charge in [-0.3, -0.25) is 0 Å². The summed E-state index contributed by atoms with van der Waals surface area (Å²) in [6.07, 6.45) is -4.74. The lowest BCUT2D eigenvalue weighted by atomic mass is 9.99. The molecule has 126 valence electrons. The standard InChI is InChI=1S/C14H10Br2F3NO2.ClH/c15-8-5-10(13(21)11(16)6-8)12(20)7-1-3-9(4-2-7)22-14(17,18)19;/h1-6,12,21H,20H2;1H/t12-;/m1./s1. The first-order chi connectivity index (χ1) is 10.2. The van der Waals surface area contributed by atoms with Crippen molar-refractivity contribution in [1.82, 2.24) is 0 Å². The number of alkyl halides is 3. The van der Waals surface area contributed by atoms with Gasteiger partial charge in [0.25, 0.3) is 0 Å². The van der Waals surface area contributed by atoms with Gasteiger partial charge in [0.05, 0.1) is 10.5 Å². The van der Waals surface area contributed by atoms with Crippen molar-refractivity contribution in [2.45, 2.75) is 12.4 Å². The number of phenolic OH excluding ortho intramolecular Hbond substituents is 1. The second-order valence-corrected chi connectivity index (χ2v) is 6.19. The van der Waals surface area contributed by atoms with Crippen molar-refractivity contribution >= 4 is 44.3 Å². The Balaban J connectivity index is 0.00000264. The number of hydrogen-bond donors (Lipinski definition) is 2. The molecule has 0 fully saturated rings. The molecule has 2 aromatic carbocycles. The lowest BCUT2D eigenvalue weighted by Gasteiger charge is -2.16. The molecule has 0 saturated heterocycles. The maximum absolute atomic E-state index is 12.1. The SMILES string of the molecule is Cl.N[C@H](c1ccc(OC(F)(F)F)cc1)c1cc(Br)cc(Br)c1O. The van der Waals surface area contributed by atoms with E-state index in [1.807, 2.05) is 0 Å². The molecule has 1 atom stereocenters. The van der Waals surface area contributed by atoms with Gasteiger partial charge >= 0.3 is 6.36 Å². The molecule has 2 aromatic rings.